The lowest BCUT2D eigenvalue weighted by atomic mass is 9.43. The second-order valence-electron chi connectivity index (χ2n) is 20.4. The Labute approximate surface area is 406 Å². The molecule has 13 nitrogen and oxygen atoms in total. The Balaban J connectivity index is 1.14. The first-order valence-electron chi connectivity index (χ1n) is 24.4. The molecule has 0 heterocycles. The van der Waals surface area contributed by atoms with Crippen molar-refractivity contribution in [2.75, 3.05) is 65.0 Å². The van der Waals surface area contributed by atoms with Crippen LogP contribution in [0.4, 0.5) is 0 Å². The fourth-order valence-electron chi connectivity index (χ4n) is 13.4. The molecule has 0 amide bonds. The fourth-order valence-corrected chi connectivity index (χ4v) is 14.5. The summed E-state index contributed by atoms with van der Waals surface area (Å²) >= 11 is 0. The zero-order valence-corrected chi connectivity index (χ0v) is 43.2. The molecular formula is C52H74O13S3. The van der Waals surface area contributed by atoms with Gasteiger partial charge in [-0.1, -0.05) is 112 Å². The maximum atomic E-state index is 12.1. The Morgan fingerprint density at radius 1 is 0.588 bits per heavy atom. The number of fused-ring (bicyclic) bond motifs is 5. The standard InChI is InChI=1S/C52H74O13S3/c1-38(17-16-28-62-52(39-18-10-7-11-19-39,40-20-12-8-13-21-40)41-22-14-9-15-23-41)44-24-25-45-49-46(37-48(51(44,45)3)61-31-34-65-68(6,57)58)50(2)27-26-43(59-29-32-63-66(4,53)54)35-42(50)36-47(49)60-30-33-64-67(5,55)56/h7-15,18-23,38,42-49H,16-17,24-37H2,1-6H3/t38-,42+,43-,44-,45+,46+,47-,48+,49+,50+,51-/m1/s1. The Bertz CT molecular complexity index is 2310. The van der Waals surface area contributed by atoms with Crippen LogP contribution in [0.2, 0.25) is 0 Å². The van der Waals surface area contributed by atoms with E-state index in [4.69, 9.17) is 31.5 Å². The van der Waals surface area contributed by atoms with Crippen molar-refractivity contribution in [1.29, 1.82) is 0 Å². The lowest BCUT2D eigenvalue weighted by molar-refractivity contribution is -0.229. The monoisotopic (exact) mass is 1000 g/mol. The summed E-state index contributed by atoms with van der Waals surface area (Å²) in [6.45, 7) is 7.96. The van der Waals surface area contributed by atoms with Gasteiger partial charge in [0.15, 0.2) is 0 Å². The van der Waals surface area contributed by atoms with Crippen molar-refractivity contribution >= 4 is 30.4 Å². The van der Waals surface area contributed by atoms with Crippen LogP contribution in [-0.4, -0.2) is 109 Å². The highest BCUT2D eigenvalue weighted by molar-refractivity contribution is 7.86. The highest BCUT2D eigenvalue weighted by Crippen LogP contribution is 2.69. The van der Waals surface area contributed by atoms with Gasteiger partial charge in [0, 0.05) is 12.0 Å². The van der Waals surface area contributed by atoms with Gasteiger partial charge in [-0.15, -0.1) is 0 Å². The maximum absolute atomic E-state index is 12.1. The number of rotatable bonds is 24. The summed E-state index contributed by atoms with van der Waals surface area (Å²) in [5.41, 5.74) is 2.01. The van der Waals surface area contributed by atoms with Crippen LogP contribution in [0.3, 0.4) is 0 Å². The van der Waals surface area contributed by atoms with Gasteiger partial charge in [0.25, 0.3) is 30.4 Å². The molecule has 7 rings (SSSR count). The van der Waals surface area contributed by atoms with E-state index in [0.717, 1.165) is 93.2 Å². The summed E-state index contributed by atoms with van der Waals surface area (Å²) in [6.07, 6.45) is 10.5. The number of hydrogen-bond acceptors (Lipinski definition) is 13. The third-order valence-corrected chi connectivity index (χ3v) is 18.0. The molecule has 0 bridgehead atoms. The first kappa shape index (κ1) is 53.0. The Kier molecular flexibility index (Phi) is 17.4. The minimum absolute atomic E-state index is 0.0428. The van der Waals surface area contributed by atoms with Gasteiger partial charge in [0.2, 0.25) is 0 Å². The van der Waals surface area contributed by atoms with Crippen LogP contribution in [0.5, 0.6) is 0 Å². The van der Waals surface area contributed by atoms with Crippen LogP contribution in [0.1, 0.15) is 95.2 Å². The molecular weight excluding hydrogens is 929 g/mol. The smallest absolute Gasteiger partial charge is 0.264 e. The fraction of sp³-hybridized carbons (Fsp3) is 0.654. The highest BCUT2D eigenvalue weighted by atomic mass is 32.2. The molecule has 0 N–H and O–H groups in total. The number of ether oxygens (including phenoxy) is 4. The zero-order chi connectivity index (χ0) is 48.8. The summed E-state index contributed by atoms with van der Waals surface area (Å²) in [6, 6.07) is 31.3. The van der Waals surface area contributed by atoms with Gasteiger partial charge in [-0.2, -0.15) is 25.3 Å². The topological polar surface area (TPSA) is 167 Å². The van der Waals surface area contributed by atoms with Crippen LogP contribution in [0, 0.1) is 46.3 Å². The molecule has 0 aromatic heterocycles. The van der Waals surface area contributed by atoms with Crippen LogP contribution < -0.4 is 0 Å². The summed E-state index contributed by atoms with van der Waals surface area (Å²) in [5.74, 6) is 1.37. The lowest BCUT2D eigenvalue weighted by Gasteiger charge is -2.64. The second-order valence-corrected chi connectivity index (χ2v) is 25.3. The molecule has 3 aromatic carbocycles. The highest BCUT2D eigenvalue weighted by Gasteiger charge is 2.66. The zero-order valence-electron chi connectivity index (χ0n) is 40.7. The Morgan fingerprint density at radius 3 is 1.60 bits per heavy atom. The van der Waals surface area contributed by atoms with Crippen molar-refractivity contribution in [2.24, 2.45) is 46.3 Å². The number of hydrogen-bond donors (Lipinski definition) is 0. The van der Waals surface area contributed by atoms with Gasteiger partial charge in [-0.3, -0.25) is 12.5 Å². The van der Waals surface area contributed by atoms with Crippen LogP contribution >= 0.6 is 0 Å². The van der Waals surface area contributed by atoms with Crippen molar-refractivity contribution < 1.29 is 56.8 Å². The largest absolute Gasteiger partial charge is 0.376 e. The summed E-state index contributed by atoms with van der Waals surface area (Å²) < 4.78 is 114. The van der Waals surface area contributed by atoms with Crippen molar-refractivity contribution in [1.82, 2.24) is 0 Å². The SMILES string of the molecule is C[C@H](CCCOC(c1ccccc1)(c1ccccc1)c1ccccc1)[C@H]1CC[C@H]2[C@@H]3[C@H](OCCOS(C)(=O)=O)C[C@@H]4C[C@H](OCCOS(C)(=O)=O)CC[C@]4(C)[C@H]3C[C@H](OCCOS(C)(=O)=O)[C@]12C. The van der Waals surface area contributed by atoms with Crippen molar-refractivity contribution in [3.8, 4) is 0 Å². The van der Waals surface area contributed by atoms with Crippen molar-refractivity contribution in [3.63, 3.8) is 0 Å². The summed E-state index contributed by atoms with van der Waals surface area (Å²) in [7, 11) is -10.9. The van der Waals surface area contributed by atoms with Gasteiger partial charge < -0.3 is 18.9 Å². The van der Waals surface area contributed by atoms with E-state index < -0.39 is 36.0 Å². The molecule has 4 saturated carbocycles. The summed E-state index contributed by atoms with van der Waals surface area (Å²) in [5, 5.41) is 0. The lowest BCUT2D eigenvalue weighted by Crippen LogP contribution is -2.63. The van der Waals surface area contributed by atoms with E-state index in [1.165, 1.54) is 0 Å². The molecule has 3 aromatic rings. The van der Waals surface area contributed by atoms with E-state index >= 15 is 0 Å². The molecule has 378 valence electrons. The molecule has 0 unspecified atom stereocenters. The third kappa shape index (κ3) is 12.5. The van der Waals surface area contributed by atoms with Gasteiger partial charge >= 0.3 is 0 Å². The average molecular weight is 1000 g/mol. The first-order chi connectivity index (χ1) is 32.2. The van der Waals surface area contributed by atoms with E-state index in [1.54, 1.807) is 0 Å². The normalized spacial score (nSPS) is 30.3. The van der Waals surface area contributed by atoms with Gasteiger partial charge in [0.05, 0.1) is 76.7 Å². The molecule has 0 saturated heterocycles. The van der Waals surface area contributed by atoms with Gasteiger partial charge in [0.1, 0.15) is 5.60 Å². The molecule has 4 fully saturated rings. The molecule has 0 spiro atoms. The van der Waals surface area contributed by atoms with E-state index in [1.807, 2.05) is 18.2 Å². The van der Waals surface area contributed by atoms with E-state index in [2.05, 4.69) is 93.6 Å². The maximum Gasteiger partial charge on any atom is 0.264 e. The quantitative estimate of drug-likeness (QED) is 0.0478. The van der Waals surface area contributed by atoms with E-state index in [0.29, 0.717) is 12.5 Å². The molecule has 0 radical (unpaired) electrons. The number of benzene rings is 3. The Morgan fingerprint density at radius 2 is 1.09 bits per heavy atom. The summed E-state index contributed by atoms with van der Waals surface area (Å²) in [4.78, 5) is 0. The van der Waals surface area contributed by atoms with Gasteiger partial charge in [-0.25, -0.2) is 0 Å². The molecule has 4 aliphatic carbocycles. The average Bonchev–Trinajstić information content (AvgIpc) is 3.66. The molecule has 11 atom stereocenters. The molecule has 4 aliphatic rings. The molecule has 68 heavy (non-hydrogen) atoms. The van der Waals surface area contributed by atoms with E-state index in [9.17, 15) is 25.3 Å². The molecule has 0 aliphatic heterocycles. The van der Waals surface area contributed by atoms with Crippen molar-refractivity contribution in [3.05, 3.63) is 108 Å². The first-order valence-corrected chi connectivity index (χ1v) is 29.9. The predicted octanol–water partition coefficient (Wildman–Crippen LogP) is 8.37. The Hall–Kier alpha value is -2.77. The van der Waals surface area contributed by atoms with Crippen molar-refractivity contribution in [2.45, 2.75) is 102 Å². The van der Waals surface area contributed by atoms with E-state index in [-0.39, 0.29) is 98.4 Å². The minimum Gasteiger partial charge on any atom is -0.376 e. The van der Waals surface area contributed by atoms with Gasteiger partial charge in [-0.05, 0) is 115 Å². The van der Waals surface area contributed by atoms with Crippen LogP contribution in [0.15, 0.2) is 91.0 Å². The third-order valence-electron chi connectivity index (χ3n) is 16.3. The second kappa shape index (κ2) is 22.3. The predicted molar refractivity (Wildman–Crippen MR) is 261 cm³/mol. The molecule has 16 heteroatoms. The minimum atomic E-state index is -3.66. The van der Waals surface area contributed by atoms with Crippen LogP contribution in [-0.2, 0) is 67.5 Å². The van der Waals surface area contributed by atoms with Crippen LogP contribution in [0.25, 0.3) is 0 Å².